The van der Waals surface area contributed by atoms with E-state index in [4.69, 9.17) is 21.3 Å². The summed E-state index contributed by atoms with van der Waals surface area (Å²) in [6.07, 6.45) is 0.789. The topological polar surface area (TPSA) is 64.4 Å². The molecule has 6 nitrogen and oxygen atoms in total. The fraction of sp³-hybridized carbons (Fsp3) is 0.400. The Hall–Kier alpha value is -2.86. The van der Waals surface area contributed by atoms with Gasteiger partial charge in [-0.3, -0.25) is 14.2 Å². The number of amides is 1. The smallest absolute Gasteiger partial charge is 0.261 e. The van der Waals surface area contributed by atoms with E-state index in [0.717, 1.165) is 6.42 Å². The normalized spacial score (nSPS) is 12.2. The molecule has 2 aromatic carbocycles. The summed E-state index contributed by atoms with van der Waals surface area (Å²) < 4.78 is 7.41. The fourth-order valence-electron chi connectivity index (χ4n) is 3.71. The molecule has 1 unspecified atom stereocenters. The van der Waals surface area contributed by atoms with Gasteiger partial charge < -0.3 is 9.64 Å². The molecule has 0 aliphatic heterocycles. The zero-order valence-electron chi connectivity index (χ0n) is 19.0. The molecule has 0 saturated carbocycles. The van der Waals surface area contributed by atoms with E-state index in [1.165, 1.54) is 0 Å². The van der Waals surface area contributed by atoms with E-state index in [1.54, 1.807) is 39.8 Å². The monoisotopic (exact) mass is 455 g/mol. The second-order valence-electron chi connectivity index (χ2n) is 8.30. The van der Waals surface area contributed by atoms with Crippen molar-refractivity contribution in [1.82, 2.24) is 14.5 Å². The number of halogens is 1. The van der Waals surface area contributed by atoms with Crippen LogP contribution in [0, 0.1) is 5.92 Å². The summed E-state index contributed by atoms with van der Waals surface area (Å²) in [4.78, 5) is 33.0. The van der Waals surface area contributed by atoms with Gasteiger partial charge >= 0.3 is 0 Å². The number of benzene rings is 2. The molecule has 1 heterocycles. The molecular formula is C25H30ClN3O3. The molecule has 0 aliphatic carbocycles. The maximum Gasteiger partial charge on any atom is 0.261 e. The number of carbonyl (C=O) groups excluding carboxylic acids is 1. The van der Waals surface area contributed by atoms with Crippen molar-refractivity contribution in [3.05, 3.63) is 69.7 Å². The summed E-state index contributed by atoms with van der Waals surface area (Å²) in [6, 6.07) is 13.9. The molecule has 0 N–H and O–H groups in total. The van der Waals surface area contributed by atoms with E-state index in [-0.39, 0.29) is 30.0 Å². The van der Waals surface area contributed by atoms with Crippen molar-refractivity contribution in [2.24, 2.45) is 5.92 Å². The van der Waals surface area contributed by atoms with E-state index in [1.807, 2.05) is 32.0 Å². The molecule has 1 amide bonds. The maximum absolute atomic E-state index is 13.2. The Bertz CT molecular complexity index is 1130. The first-order chi connectivity index (χ1) is 15.3. The summed E-state index contributed by atoms with van der Waals surface area (Å²) in [6.45, 7) is 9.02. The molecule has 1 aromatic heterocycles. The van der Waals surface area contributed by atoms with Gasteiger partial charge in [0, 0.05) is 18.1 Å². The largest absolute Gasteiger partial charge is 0.484 e. The Morgan fingerprint density at radius 1 is 1.12 bits per heavy atom. The molecule has 170 valence electrons. The standard InChI is InChI=1S/C25H30ClN3O3/c1-5-14-28-24(27-22-9-7-6-8-21(22)25(28)31)18(4)29(15-17(2)3)23(30)16-32-20-12-10-19(26)11-13-20/h6-13,17-18H,5,14-16H2,1-4H3. The highest BCUT2D eigenvalue weighted by Crippen LogP contribution is 2.22. The van der Waals surface area contributed by atoms with Crippen LogP contribution >= 0.6 is 11.6 Å². The highest BCUT2D eigenvalue weighted by atomic mass is 35.5. The highest BCUT2D eigenvalue weighted by Gasteiger charge is 2.27. The zero-order chi connectivity index (χ0) is 23.3. The molecule has 0 aliphatic rings. The summed E-state index contributed by atoms with van der Waals surface area (Å²) in [5, 5.41) is 1.19. The van der Waals surface area contributed by atoms with E-state index in [9.17, 15) is 9.59 Å². The van der Waals surface area contributed by atoms with Crippen molar-refractivity contribution in [1.29, 1.82) is 0 Å². The third-order valence-electron chi connectivity index (χ3n) is 5.24. The van der Waals surface area contributed by atoms with Crippen LogP contribution in [0.25, 0.3) is 10.9 Å². The van der Waals surface area contributed by atoms with Gasteiger partial charge in [-0.2, -0.15) is 0 Å². The van der Waals surface area contributed by atoms with Crippen molar-refractivity contribution in [3.8, 4) is 5.75 Å². The van der Waals surface area contributed by atoms with Crippen molar-refractivity contribution < 1.29 is 9.53 Å². The molecule has 0 radical (unpaired) electrons. The fourth-order valence-corrected chi connectivity index (χ4v) is 3.84. The van der Waals surface area contributed by atoms with Gasteiger partial charge in [-0.25, -0.2) is 4.98 Å². The van der Waals surface area contributed by atoms with Crippen LogP contribution in [0.15, 0.2) is 53.3 Å². The first kappa shape index (κ1) is 23.8. The Labute approximate surface area is 193 Å². The predicted molar refractivity (Wildman–Crippen MR) is 128 cm³/mol. The van der Waals surface area contributed by atoms with Crippen molar-refractivity contribution in [3.63, 3.8) is 0 Å². The summed E-state index contributed by atoms with van der Waals surface area (Å²) in [5.74, 6) is 1.25. The molecule has 0 spiro atoms. The number of carbonyl (C=O) groups is 1. The number of ether oxygens (including phenoxy) is 1. The number of fused-ring (bicyclic) bond motifs is 1. The number of hydrogen-bond donors (Lipinski definition) is 0. The first-order valence-corrected chi connectivity index (χ1v) is 11.4. The lowest BCUT2D eigenvalue weighted by Crippen LogP contribution is -2.42. The molecule has 0 saturated heterocycles. The molecule has 0 fully saturated rings. The number of para-hydroxylation sites is 1. The summed E-state index contributed by atoms with van der Waals surface area (Å²) >= 11 is 5.92. The lowest BCUT2D eigenvalue weighted by atomic mass is 10.1. The predicted octanol–water partition coefficient (Wildman–Crippen LogP) is 5.08. The van der Waals surface area contributed by atoms with Gasteiger partial charge in [0.15, 0.2) is 6.61 Å². The van der Waals surface area contributed by atoms with E-state index in [2.05, 4.69) is 13.8 Å². The number of hydrogen-bond acceptors (Lipinski definition) is 4. The average molecular weight is 456 g/mol. The van der Waals surface area contributed by atoms with Crippen LogP contribution in [-0.4, -0.2) is 33.5 Å². The molecular weight excluding hydrogens is 426 g/mol. The molecule has 7 heteroatoms. The van der Waals surface area contributed by atoms with Gasteiger partial charge in [0.25, 0.3) is 11.5 Å². The van der Waals surface area contributed by atoms with Crippen LogP contribution in [-0.2, 0) is 11.3 Å². The van der Waals surface area contributed by atoms with Gasteiger partial charge in [0.05, 0.1) is 16.9 Å². The molecule has 1 atom stereocenters. The van der Waals surface area contributed by atoms with Gasteiger partial charge in [-0.1, -0.05) is 44.5 Å². The van der Waals surface area contributed by atoms with Crippen LogP contribution < -0.4 is 10.3 Å². The van der Waals surface area contributed by atoms with Gasteiger partial charge in [0.1, 0.15) is 11.6 Å². The lowest BCUT2D eigenvalue weighted by molar-refractivity contribution is -0.136. The van der Waals surface area contributed by atoms with Crippen LogP contribution in [0.2, 0.25) is 5.02 Å². The Morgan fingerprint density at radius 2 is 1.81 bits per heavy atom. The van der Waals surface area contributed by atoms with Crippen LogP contribution in [0.1, 0.15) is 46.0 Å². The third kappa shape index (κ3) is 5.49. The van der Waals surface area contributed by atoms with Crippen molar-refractivity contribution >= 4 is 28.4 Å². The quantitative estimate of drug-likeness (QED) is 0.451. The van der Waals surface area contributed by atoms with Crippen molar-refractivity contribution in [2.45, 2.75) is 46.7 Å². The summed E-state index contributed by atoms with van der Waals surface area (Å²) in [5.41, 5.74) is 0.565. The second kappa shape index (κ2) is 10.6. The lowest BCUT2D eigenvalue weighted by Gasteiger charge is -2.32. The number of nitrogens with zero attached hydrogens (tertiary/aromatic N) is 3. The Morgan fingerprint density at radius 3 is 2.47 bits per heavy atom. The van der Waals surface area contributed by atoms with E-state index >= 15 is 0 Å². The minimum absolute atomic E-state index is 0.0753. The van der Waals surface area contributed by atoms with Gasteiger partial charge in [-0.15, -0.1) is 0 Å². The molecule has 0 bridgehead atoms. The Balaban J connectivity index is 1.94. The average Bonchev–Trinajstić information content (AvgIpc) is 2.78. The molecule has 32 heavy (non-hydrogen) atoms. The number of aromatic nitrogens is 2. The highest BCUT2D eigenvalue weighted by molar-refractivity contribution is 6.30. The maximum atomic E-state index is 13.2. The van der Waals surface area contributed by atoms with E-state index < -0.39 is 0 Å². The first-order valence-electron chi connectivity index (χ1n) is 11.0. The van der Waals surface area contributed by atoms with Gasteiger partial charge in [-0.05, 0) is 55.7 Å². The third-order valence-corrected chi connectivity index (χ3v) is 5.49. The SMILES string of the molecule is CCCn1c(C(C)N(CC(C)C)C(=O)COc2ccc(Cl)cc2)nc2ccccc2c1=O. The minimum Gasteiger partial charge on any atom is -0.484 e. The van der Waals surface area contributed by atoms with Crippen molar-refractivity contribution in [2.75, 3.05) is 13.2 Å². The minimum atomic E-state index is -0.387. The van der Waals surface area contributed by atoms with Crippen LogP contribution in [0.3, 0.4) is 0 Å². The van der Waals surface area contributed by atoms with Gasteiger partial charge in [0.2, 0.25) is 0 Å². The zero-order valence-corrected chi connectivity index (χ0v) is 19.8. The van der Waals surface area contributed by atoms with E-state index in [0.29, 0.717) is 40.6 Å². The number of rotatable bonds is 9. The van der Waals surface area contributed by atoms with Crippen LogP contribution in [0.4, 0.5) is 0 Å². The second-order valence-corrected chi connectivity index (χ2v) is 8.74. The summed E-state index contributed by atoms with van der Waals surface area (Å²) in [7, 11) is 0. The molecule has 3 aromatic rings. The Kier molecular flexibility index (Phi) is 7.91. The molecule has 3 rings (SSSR count). The van der Waals surface area contributed by atoms with Crippen LogP contribution in [0.5, 0.6) is 5.75 Å².